The lowest BCUT2D eigenvalue weighted by Crippen LogP contribution is -1.99. The van der Waals surface area contributed by atoms with Crippen LogP contribution in [0, 0.1) is 0 Å². The van der Waals surface area contributed by atoms with Gasteiger partial charge in [-0.05, 0) is 55.6 Å². The Morgan fingerprint density at radius 2 is 1.87 bits per heavy atom. The van der Waals surface area contributed by atoms with Gasteiger partial charge in [-0.2, -0.15) is 0 Å². The number of H-pyrrole nitrogens is 1. The molecule has 0 spiro atoms. The summed E-state index contributed by atoms with van der Waals surface area (Å²) in [7, 11) is 0. The van der Waals surface area contributed by atoms with Crippen LogP contribution in [0.15, 0.2) is 42.5 Å². The molecule has 3 N–H and O–H groups in total. The average Bonchev–Trinajstić information content (AvgIpc) is 3.19. The van der Waals surface area contributed by atoms with E-state index in [4.69, 9.17) is 15.2 Å². The van der Waals surface area contributed by atoms with Crippen LogP contribution in [0.4, 0.5) is 0 Å². The molecule has 0 bridgehead atoms. The normalized spacial score (nSPS) is 12.9. The van der Waals surface area contributed by atoms with Gasteiger partial charge >= 0.3 is 0 Å². The Balaban J connectivity index is 1.80. The van der Waals surface area contributed by atoms with Crippen molar-refractivity contribution in [3.8, 4) is 22.8 Å². The van der Waals surface area contributed by atoms with E-state index in [1.54, 1.807) is 0 Å². The van der Waals surface area contributed by atoms with Crippen LogP contribution < -0.4 is 15.2 Å². The minimum atomic E-state index is 0.300. The summed E-state index contributed by atoms with van der Waals surface area (Å²) in [4.78, 5) is 3.57. The fourth-order valence-electron chi connectivity index (χ4n) is 3.20. The number of ether oxygens (including phenoxy) is 2. The third-order valence-electron chi connectivity index (χ3n) is 4.36. The van der Waals surface area contributed by atoms with E-state index in [-0.39, 0.29) is 0 Å². The topological polar surface area (TPSA) is 60.3 Å². The second-order valence-corrected chi connectivity index (χ2v) is 5.84. The van der Waals surface area contributed by atoms with Crippen molar-refractivity contribution in [2.75, 3.05) is 13.3 Å². The first-order valence-electron chi connectivity index (χ1n) is 8.06. The molecule has 0 unspecified atom stereocenters. The zero-order valence-electron chi connectivity index (χ0n) is 13.0. The van der Waals surface area contributed by atoms with Gasteiger partial charge in [0, 0.05) is 22.2 Å². The highest BCUT2D eigenvalue weighted by Crippen LogP contribution is 2.38. The molecule has 0 aliphatic carbocycles. The van der Waals surface area contributed by atoms with Crippen molar-refractivity contribution in [1.29, 1.82) is 0 Å². The number of fused-ring (bicyclic) bond motifs is 2. The maximum atomic E-state index is 5.65. The van der Waals surface area contributed by atoms with Crippen molar-refractivity contribution in [3.05, 3.63) is 48.0 Å². The van der Waals surface area contributed by atoms with Crippen LogP contribution in [-0.2, 0) is 6.42 Å². The molecule has 2 heterocycles. The van der Waals surface area contributed by atoms with Gasteiger partial charge in [0.1, 0.15) is 0 Å². The first-order chi connectivity index (χ1) is 11.4. The minimum Gasteiger partial charge on any atom is -0.454 e. The lowest BCUT2D eigenvalue weighted by Gasteiger charge is -2.06. The van der Waals surface area contributed by atoms with Gasteiger partial charge in [-0.1, -0.05) is 18.2 Å². The molecule has 1 aliphatic heterocycles. The third-order valence-corrected chi connectivity index (χ3v) is 4.36. The summed E-state index contributed by atoms with van der Waals surface area (Å²) in [6, 6.07) is 14.6. The quantitative estimate of drug-likeness (QED) is 0.704. The van der Waals surface area contributed by atoms with Crippen LogP contribution in [-0.4, -0.2) is 18.3 Å². The number of benzene rings is 2. The Labute approximate surface area is 135 Å². The molecular formula is C19H20N2O2. The largest absolute Gasteiger partial charge is 0.454 e. The van der Waals surface area contributed by atoms with Crippen LogP contribution in [0.1, 0.15) is 18.4 Å². The van der Waals surface area contributed by atoms with Crippen molar-refractivity contribution < 1.29 is 9.47 Å². The number of aryl methyl sites for hydroxylation is 1. The monoisotopic (exact) mass is 308 g/mol. The number of aromatic amines is 1. The van der Waals surface area contributed by atoms with Crippen molar-refractivity contribution in [2.45, 2.75) is 19.3 Å². The zero-order valence-corrected chi connectivity index (χ0v) is 13.0. The number of nitrogens with two attached hydrogens (primary N) is 1. The molecule has 1 aliphatic rings. The van der Waals surface area contributed by atoms with Crippen molar-refractivity contribution >= 4 is 10.9 Å². The van der Waals surface area contributed by atoms with Crippen LogP contribution >= 0.6 is 0 Å². The third kappa shape index (κ3) is 2.55. The van der Waals surface area contributed by atoms with Gasteiger partial charge in [0.15, 0.2) is 11.5 Å². The molecule has 3 aromatic rings. The first kappa shape index (κ1) is 14.2. The minimum absolute atomic E-state index is 0.300. The van der Waals surface area contributed by atoms with E-state index in [1.165, 1.54) is 22.2 Å². The number of para-hydroxylation sites is 1. The number of aromatic nitrogens is 1. The Hall–Kier alpha value is -2.46. The molecule has 4 heteroatoms. The Morgan fingerprint density at radius 3 is 2.78 bits per heavy atom. The molecule has 0 atom stereocenters. The van der Waals surface area contributed by atoms with Crippen LogP contribution in [0.5, 0.6) is 11.5 Å². The molecule has 4 nitrogen and oxygen atoms in total. The molecule has 23 heavy (non-hydrogen) atoms. The first-order valence-corrected chi connectivity index (χ1v) is 8.06. The van der Waals surface area contributed by atoms with E-state index >= 15 is 0 Å². The van der Waals surface area contributed by atoms with Crippen molar-refractivity contribution in [3.63, 3.8) is 0 Å². The van der Waals surface area contributed by atoms with Gasteiger partial charge in [-0.15, -0.1) is 0 Å². The zero-order chi connectivity index (χ0) is 15.6. The van der Waals surface area contributed by atoms with E-state index in [2.05, 4.69) is 41.4 Å². The van der Waals surface area contributed by atoms with E-state index < -0.39 is 0 Å². The van der Waals surface area contributed by atoms with Crippen molar-refractivity contribution in [1.82, 2.24) is 4.98 Å². The average molecular weight is 308 g/mol. The Kier molecular flexibility index (Phi) is 3.67. The standard InChI is InChI=1S/C19H20N2O2/c20-10-4-3-6-15-14-5-1-2-7-16(14)21-19(15)13-8-9-17-18(11-13)23-12-22-17/h1-2,5,7-9,11,21H,3-4,6,10,12,20H2. The maximum Gasteiger partial charge on any atom is 0.231 e. The Bertz CT molecular complexity index is 839. The molecule has 0 radical (unpaired) electrons. The van der Waals surface area contributed by atoms with Gasteiger partial charge in [-0.25, -0.2) is 0 Å². The smallest absolute Gasteiger partial charge is 0.231 e. The summed E-state index contributed by atoms with van der Waals surface area (Å²) < 4.78 is 10.9. The number of nitrogens with one attached hydrogen (secondary N) is 1. The van der Waals surface area contributed by atoms with Crippen LogP contribution in [0.25, 0.3) is 22.2 Å². The van der Waals surface area contributed by atoms with Gasteiger partial charge in [0.25, 0.3) is 0 Å². The van der Waals surface area contributed by atoms with Crippen molar-refractivity contribution in [2.24, 2.45) is 5.73 Å². The second-order valence-electron chi connectivity index (χ2n) is 5.84. The number of hydrogen-bond acceptors (Lipinski definition) is 3. The summed E-state index contributed by atoms with van der Waals surface area (Å²) in [6.07, 6.45) is 3.15. The maximum absolute atomic E-state index is 5.65. The van der Waals surface area contributed by atoms with Gasteiger partial charge in [-0.3, -0.25) is 0 Å². The SMILES string of the molecule is NCCCCc1c(-c2ccc3c(c2)OCO3)[nH]c2ccccc12. The summed E-state index contributed by atoms with van der Waals surface area (Å²) in [5, 5.41) is 1.29. The molecule has 0 saturated heterocycles. The number of rotatable bonds is 5. The second kappa shape index (κ2) is 5.97. The summed E-state index contributed by atoms with van der Waals surface area (Å²) >= 11 is 0. The summed E-state index contributed by atoms with van der Waals surface area (Å²) in [5.41, 5.74) is 10.5. The molecule has 4 rings (SSSR count). The highest BCUT2D eigenvalue weighted by Gasteiger charge is 2.17. The fraction of sp³-hybridized carbons (Fsp3) is 0.263. The lowest BCUT2D eigenvalue weighted by molar-refractivity contribution is 0.174. The van der Waals surface area contributed by atoms with E-state index in [0.717, 1.165) is 42.9 Å². The van der Waals surface area contributed by atoms with E-state index in [0.29, 0.717) is 6.79 Å². The number of hydrogen-bond donors (Lipinski definition) is 2. The van der Waals surface area contributed by atoms with Crippen LogP contribution in [0.3, 0.4) is 0 Å². The molecule has 0 saturated carbocycles. The van der Waals surface area contributed by atoms with Gasteiger partial charge in [0.05, 0.1) is 0 Å². The molecule has 1 aromatic heterocycles. The highest BCUT2D eigenvalue weighted by atomic mass is 16.7. The Morgan fingerprint density at radius 1 is 1.00 bits per heavy atom. The molecular weight excluding hydrogens is 288 g/mol. The molecule has 0 fully saturated rings. The van der Waals surface area contributed by atoms with Crippen LogP contribution in [0.2, 0.25) is 0 Å². The lowest BCUT2D eigenvalue weighted by atomic mass is 10.00. The molecule has 0 amide bonds. The highest BCUT2D eigenvalue weighted by molar-refractivity contribution is 5.91. The predicted octanol–water partition coefficient (Wildman–Crippen LogP) is 3.85. The molecule has 118 valence electrons. The van der Waals surface area contributed by atoms with E-state index in [1.807, 2.05) is 6.07 Å². The fourth-order valence-corrected chi connectivity index (χ4v) is 3.20. The summed E-state index contributed by atoms with van der Waals surface area (Å²) in [6.45, 7) is 1.04. The number of unbranched alkanes of at least 4 members (excludes halogenated alkanes) is 1. The molecule has 2 aromatic carbocycles. The predicted molar refractivity (Wildman–Crippen MR) is 91.9 cm³/mol. The van der Waals surface area contributed by atoms with Gasteiger partial charge in [0.2, 0.25) is 6.79 Å². The summed E-state index contributed by atoms with van der Waals surface area (Å²) in [5.74, 6) is 1.63. The van der Waals surface area contributed by atoms with E-state index in [9.17, 15) is 0 Å². The van der Waals surface area contributed by atoms with Gasteiger partial charge < -0.3 is 20.2 Å².